The number of unbranched alkanes of at least 4 members (excludes halogenated alkanes) is 31. The highest BCUT2D eigenvalue weighted by molar-refractivity contribution is 7.51. The van der Waals surface area contributed by atoms with Crippen LogP contribution in [0.4, 0.5) is 0 Å². The van der Waals surface area contributed by atoms with Crippen molar-refractivity contribution in [2.24, 2.45) is 0 Å². The van der Waals surface area contributed by atoms with E-state index in [0.717, 1.165) is 25.7 Å². The predicted molar refractivity (Wildman–Crippen MR) is 191 cm³/mol. The molecule has 264 valence electrons. The van der Waals surface area contributed by atoms with E-state index in [2.05, 4.69) is 6.92 Å². The summed E-state index contributed by atoms with van der Waals surface area (Å²) in [7, 11) is -3.79. The Morgan fingerprint density at radius 1 is 0.432 bits per heavy atom. The first kappa shape index (κ1) is 43.6. The molecule has 0 bridgehead atoms. The maximum Gasteiger partial charge on any atom is 0.325 e. The maximum atomic E-state index is 12.0. The van der Waals surface area contributed by atoms with Crippen molar-refractivity contribution in [3.63, 3.8) is 0 Å². The molecule has 2 N–H and O–H groups in total. The molecule has 0 amide bonds. The summed E-state index contributed by atoms with van der Waals surface area (Å²) in [6.07, 6.45) is 43.0. The summed E-state index contributed by atoms with van der Waals surface area (Å²) in [5.74, 6) is 0.00768. The van der Waals surface area contributed by atoms with Gasteiger partial charge in [0.2, 0.25) is 0 Å². The van der Waals surface area contributed by atoms with Gasteiger partial charge in [-0.15, -0.1) is 0 Å². The average Bonchev–Trinajstić information content (AvgIpc) is 2.99. The first-order chi connectivity index (χ1) is 21.5. The smallest absolute Gasteiger partial charge is 0.325 e. The van der Waals surface area contributed by atoms with Crippen molar-refractivity contribution in [1.82, 2.24) is 0 Å². The number of carbonyl (C=O) groups excluding carboxylic acids is 1. The quantitative estimate of drug-likeness (QED) is 0.0399. The minimum absolute atomic E-state index is 0.00768. The lowest BCUT2D eigenvalue weighted by Crippen LogP contribution is -2.05. The minimum atomic E-state index is -3.79. The van der Waals surface area contributed by atoms with Crippen molar-refractivity contribution in [3.8, 4) is 0 Å². The SMILES string of the molecule is CCCCCCCCCCCCCCCCCC(=O)OCCCCCCCCCCCCCCCCCCCCP(=O)(O)O. The van der Waals surface area contributed by atoms with E-state index in [9.17, 15) is 9.36 Å². The molecular weight excluding hydrogens is 567 g/mol. The second-order valence-electron chi connectivity index (χ2n) is 13.7. The molecule has 0 rings (SSSR count). The molecule has 6 heteroatoms. The summed E-state index contributed by atoms with van der Waals surface area (Å²) in [5.41, 5.74) is 0. The Morgan fingerprint density at radius 2 is 0.705 bits per heavy atom. The molecule has 0 fully saturated rings. The zero-order valence-corrected chi connectivity index (χ0v) is 30.4. The Hall–Kier alpha value is -0.380. The van der Waals surface area contributed by atoms with E-state index in [1.54, 1.807) is 0 Å². The van der Waals surface area contributed by atoms with E-state index in [1.165, 1.54) is 180 Å². The Kier molecular flexibility index (Phi) is 35.2. The molecule has 0 heterocycles. The highest BCUT2D eigenvalue weighted by atomic mass is 31.2. The predicted octanol–water partition coefficient (Wildman–Crippen LogP) is 13.0. The Morgan fingerprint density at radius 3 is 1.02 bits per heavy atom. The van der Waals surface area contributed by atoms with E-state index in [1.807, 2.05) is 0 Å². The first-order valence-electron chi connectivity index (χ1n) is 19.7. The number of esters is 1. The van der Waals surface area contributed by atoms with E-state index >= 15 is 0 Å². The lowest BCUT2D eigenvalue weighted by Gasteiger charge is -2.06. The van der Waals surface area contributed by atoms with E-state index < -0.39 is 7.60 Å². The zero-order valence-electron chi connectivity index (χ0n) is 29.5. The first-order valence-corrected chi connectivity index (χ1v) is 21.5. The highest BCUT2D eigenvalue weighted by Gasteiger charge is 2.10. The molecule has 0 unspecified atom stereocenters. The molecule has 0 aliphatic rings. The normalized spacial score (nSPS) is 11.8. The average molecular weight is 645 g/mol. The summed E-state index contributed by atoms with van der Waals surface area (Å²) in [6.45, 7) is 2.89. The van der Waals surface area contributed by atoms with Gasteiger partial charge in [-0.25, -0.2) is 0 Å². The van der Waals surface area contributed by atoms with Crippen LogP contribution in [-0.2, 0) is 14.1 Å². The van der Waals surface area contributed by atoms with Gasteiger partial charge in [-0.3, -0.25) is 9.36 Å². The van der Waals surface area contributed by atoms with Gasteiger partial charge in [-0.05, 0) is 19.3 Å². The second-order valence-corrected chi connectivity index (χ2v) is 15.4. The Balaban J connectivity index is 3.16. The molecule has 0 aromatic carbocycles. The molecule has 0 atom stereocenters. The van der Waals surface area contributed by atoms with Crippen molar-refractivity contribution < 1.29 is 23.9 Å². The Bertz CT molecular complexity index is 620. The molecule has 0 radical (unpaired) electrons. The van der Waals surface area contributed by atoms with Crippen LogP contribution in [0, 0.1) is 0 Å². The van der Waals surface area contributed by atoms with Gasteiger partial charge in [0.25, 0.3) is 0 Å². The monoisotopic (exact) mass is 645 g/mol. The van der Waals surface area contributed by atoms with Crippen LogP contribution >= 0.6 is 7.60 Å². The van der Waals surface area contributed by atoms with Crippen LogP contribution in [0.2, 0.25) is 0 Å². The van der Waals surface area contributed by atoms with Gasteiger partial charge in [0.15, 0.2) is 0 Å². The summed E-state index contributed by atoms with van der Waals surface area (Å²) in [4.78, 5) is 29.7. The maximum absolute atomic E-state index is 12.0. The number of rotatable bonds is 37. The number of hydrogen-bond donors (Lipinski definition) is 2. The van der Waals surface area contributed by atoms with E-state index in [0.29, 0.717) is 19.4 Å². The van der Waals surface area contributed by atoms with E-state index in [4.69, 9.17) is 14.5 Å². The standard InChI is InChI=1S/C38H77O5P/c1-2-3-4-5-6-7-8-9-14-17-20-23-26-29-32-35-38(39)43-36-33-30-27-24-21-18-15-12-10-11-13-16-19-22-25-28-31-34-37-44(40,41)42/h2-37H2,1H3,(H2,40,41,42). The second kappa shape index (κ2) is 35.5. The third kappa shape index (κ3) is 39.6. The van der Waals surface area contributed by atoms with Gasteiger partial charge >= 0.3 is 13.6 Å². The zero-order chi connectivity index (χ0) is 32.2. The largest absolute Gasteiger partial charge is 0.466 e. The summed E-state index contributed by atoms with van der Waals surface area (Å²) < 4.78 is 16.2. The lowest BCUT2D eigenvalue weighted by molar-refractivity contribution is -0.143. The van der Waals surface area contributed by atoms with Gasteiger partial charge in [-0.1, -0.05) is 200 Å². The summed E-state index contributed by atoms with van der Waals surface area (Å²) in [5, 5.41) is 0. The number of ether oxygens (including phenoxy) is 1. The third-order valence-electron chi connectivity index (χ3n) is 9.09. The molecular formula is C38H77O5P. The van der Waals surface area contributed by atoms with Crippen LogP contribution in [0.3, 0.4) is 0 Å². The fourth-order valence-electron chi connectivity index (χ4n) is 6.15. The van der Waals surface area contributed by atoms with Crippen LogP contribution in [0.15, 0.2) is 0 Å². The summed E-state index contributed by atoms with van der Waals surface area (Å²) >= 11 is 0. The van der Waals surface area contributed by atoms with Crippen LogP contribution < -0.4 is 0 Å². The lowest BCUT2D eigenvalue weighted by atomic mass is 10.0. The van der Waals surface area contributed by atoms with Crippen LogP contribution in [0.1, 0.15) is 225 Å². The molecule has 0 aliphatic heterocycles. The fraction of sp³-hybridized carbons (Fsp3) is 0.974. The molecule has 0 saturated heterocycles. The van der Waals surface area contributed by atoms with Crippen molar-refractivity contribution in [1.29, 1.82) is 0 Å². The van der Waals surface area contributed by atoms with Gasteiger partial charge in [0.05, 0.1) is 6.61 Å². The molecule has 0 aromatic rings. The third-order valence-corrected chi connectivity index (χ3v) is 9.99. The van der Waals surface area contributed by atoms with Crippen molar-refractivity contribution in [2.75, 3.05) is 12.8 Å². The van der Waals surface area contributed by atoms with Crippen LogP contribution in [-0.4, -0.2) is 28.5 Å². The van der Waals surface area contributed by atoms with Crippen molar-refractivity contribution in [3.05, 3.63) is 0 Å². The number of carbonyl (C=O) groups is 1. The molecule has 0 aromatic heterocycles. The highest BCUT2D eigenvalue weighted by Crippen LogP contribution is 2.35. The van der Waals surface area contributed by atoms with Gasteiger partial charge in [0, 0.05) is 12.6 Å². The van der Waals surface area contributed by atoms with E-state index in [-0.39, 0.29) is 12.1 Å². The van der Waals surface area contributed by atoms with Crippen LogP contribution in [0.25, 0.3) is 0 Å². The molecule has 0 aliphatic carbocycles. The minimum Gasteiger partial charge on any atom is -0.466 e. The molecule has 0 saturated carbocycles. The fourth-order valence-corrected chi connectivity index (χ4v) is 6.78. The summed E-state index contributed by atoms with van der Waals surface area (Å²) in [6, 6.07) is 0. The topological polar surface area (TPSA) is 83.8 Å². The molecule has 0 spiro atoms. The Labute approximate surface area is 275 Å². The van der Waals surface area contributed by atoms with Gasteiger partial charge in [-0.2, -0.15) is 0 Å². The van der Waals surface area contributed by atoms with Crippen molar-refractivity contribution in [2.45, 2.75) is 225 Å². The van der Waals surface area contributed by atoms with Crippen molar-refractivity contribution >= 4 is 13.6 Å². The van der Waals surface area contributed by atoms with Gasteiger partial charge < -0.3 is 14.5 Å². The molecule has 44 heavy (non-hydrogen) atoms. The number of hydrogen-bond acceptors (Lipinski definition) is 3. The van der Waals surface area contributed by atoms with Crippen LogP contribution in [0.5, 0.6) is 0 Å². The van der Waals surface area contributed by atoms with Gasteiger partial charge in [0.1, 0.15) is 0 Å². The molecule has 5 nitrogen and oxygen atoms in total.